The first kappa shape index (κ1) is 22.2. The van der Waals surface area contributed by atoms with Crippen LogP contribution >= 0.6 is 11.3 Å². The van der Waals surface area contributed by atoms with Crippen LogP contribution < -0.4 is 10.6 Å². The highest BCUT2D eigenvalue weighted by Gasteiger charge is 2.41. The quantitative estimate of drug-likeness (QED) is 0.484. The fraction of sp³-hybridized carbons (Fsp3) is 0.185. The Bertz CT molecular complexity index is 1330. The minimum atomic E-state index is -0.859. The molecule has 2 aliphatic rings. The second kappa shape index (κ2) is 8.99. The van der Waals surface area contributed by atoms with E-state index in [1.807, 2.05) is 47.8 Å². The third-order valence-electron chi connectivity index (χ3n) is 6.35. The minimum absolute atomic E-state index is 0.00762. The molecule has 0 saturated carbocycles. The second-order valence-electron chi connectivity index (χ2n) is 8.52. The van der Waals surface area contributed by atoms with Crippen LogP contribution in [0.15, 0.2) is 88.6 Å². The molecule has 4 nitrogen and oxygen atoms in total. The molecular weight excluding hydrogens is 454 g/mol. The van der Waals surface area contributed by atoms with Crippen LogP contribution in [0.5, 0.6) is 0 Å². The number of carbonyl (C=O) groups is 2. The van der Waals surface area contributed by atoms with Gasteiger partial charge in [0.1, 0.15) is 11.6 Å². The molecular formula is C27H22F2N2O2S. The highest BCUT2D eigenvalue weighted by Crippen LogP contribution is 2.46. The standard InChI is InChI=1S/C27H22F2N2O2S/c1-15-24(27(33)31-20-10-9-18(28)14-19(20)29)26(23-8-5-11-34-23)25-21(30-15)12-17(13-22(25)32)16-6-3-2-4-7-16/h2-11,14,17,26,30H,12-13H2,1H3,(H,31,33)/t17-,26+/m1/s1. The number of nitrogens with one attached hydrogen (secondary N) is 2. The number of thiophene rings is 1. The molecule has 2 atom stereocenters. The van der Waals surface area contributed by atoms with E-state index in [2.05, 4.69) is 10.6 Å². The maximum absolute atomic E-state index is 14.2. The molecule has 1 amide bonds. The maximum Gasteiger partial charge on any atom is 0.254 e. The van der Waals surface area contributed by atoms with Gasteiger partial charge in [-0.3, -0.25) is 9.59 Å². The van der Waals surface area contributed by atoms with Crippen LogP contribution in [-0.2, 0) is 9.59 Å². The SMILES string of the molecule is CC1=C(C(=O)Nc2ccc(F)cc2F)[C@H](c2cccs2)C2=C(C[C@@H](c3ccccc3)CC2=O)N1. The van der Waals surface area contributed by atoms with Gasteiger partial charge in [0.15, 0.2) is 5.78 Å². The van der Waals surface area contributed by atoms with E-state index >= 15 is 0 Å². The summed E-state index contributed by atoms with van der Waals surface area (Å²) in [6, 6.07) is 16.7. The number of amides is 1. The number of benzene rings is 2. The summed E-state index contributed by atoms with van der Waals surface area (Å²) in [6.45, 7) is 1.79. The fourth-order valence-corrected chi connectivity index (χ4v) is 5.66. The molecule has 0 radical (unpaired) electrons. The Morgan fingerprint density at radius 3 is 2.56 bits per heavy atom. The number of ketones is 1. The number of allylic oxidation sites excluding steroid dienone is 3. The average Bonchev–Trinajstić information content (AvgIpc) is 3.35. The Labute approximate surface area is 200 Å². The van der Waals surface area contributed by atoms with Gasteiger partial charge in [-0.1, -0.05) is 36.4 Å². The van der Waals surface area contributed by atoms with Crippen LogP contribution in [0.4, 0.5) is 14.5 Å². The molecule has 2 heterocycles. The maximum atomic E-state index is 14.2. The summed E-state index contributed by atoms with van der Waals surface area (Å²) in [4.78, 5) is 27.7. The minimum Gasteiger partial charge on any atom is -0.362 e. The van der Waals surface area contributed by atoms with Gasteiger partial charge in [0.2, 0.25) is 0 Å². The molecule has 1 aliphatic heterocycles. The zero-order chi connectivity index (χ0) is 23.8. The van der Waals surface area contributed by atoms with E-state index < -0.39 is 23.5 Å². The third-order valence-corrected chi connectivity index (χ3v) is 7.29. The smallest absolute Gasteiger partial charge is 0.254 e. The first-order valence-corrected chi connectivity index (χ1v) is 11.9. The number of dihydropyridines is 1. The van der Waals surface area contributed by atoms with Gasteiger partial charge in [0.25, 0.3) is 5.91 Å². The van der Waals surface area contributed by atoms with Crippen molar-refractivity contribution in [1.29, 1.82) is 0 Å². The Kier molecular flexibility index (Phi) is 5.87. The van der Waals surface area contributed by atoms with Gasteiger partial charge >= 0.3 is 0 Å². The number of anilines is 1. The molecule has 2 N–H and O–H groups in total. The summed E-state index contributed by atoms with van der Waals surface area (Å²) in [5.74, 6) is -2.62. The number of carbonyl (C=O) groups excluding carboxylic acids is 2. The van der Waals surface area contributed by atoms with Crippen molar-refractivity contribution in [2.75, 3.05) is 5.32 Å². The lowest BCUT2D eigenvalue weighted by Crippen LogP contribution is -2.36. The molecule has 0 bridgehead atoms. The van der Waals surface area contributed by atoms with Crippen molar-refractivity contribution in [3.63, 3.8) is 0 Å². The van der Waals surface area contributed by atoms with E-state index in [1.165, 1.54) is 17.4 Å². The lowest BCUT2D eigenvalue weighted by molar-refractivity contribution is -0.116. The van der Waals surface area contributed by atoms with Crippen molar-refractivity contribution in [3.8, 4) is 0 Å². The molecule has 3 aromatic rings. The number of hydrogen-bond acceptors (Lipinski definition) is 4. The molecule has 5 rings (SSSR count). The van der Waals surface area contributed by atoms with Crippen LogP contribution in [0.1, 0.15) is 42.0 Å². The first-order valence-electron chi connectivity index (χ1n) is 11.0. The van der Waals surface area contributed by atoms with Crippen molar-refractivity contribution < 1.29 is 18.4 Å². The van der Waals surface area contributed by atoms with Crippen molar-refractivity contribution in [1.82, 2.24) is 5.32 Å². The largest absolute Gasteiger partial charge is 0.362 e. The summed E-state index contributed by atoms with van der Waals surface area (Å²) in [7, 11) is 0. The van der Waals surface area contributed by atoms with Gasteiger partial charge < -0.3 is 10.6 Å². The van der Waals surface area contributed by atoms with Gasteiger partial charge in [-0.05, 0) is 48.4 Å². The van der Waals surface area contributed by atoms with Crippen LogP contribution in [-0.4, -0.2) is 11.7 Å². The molecule has 0 fully saturated rings. The number of hydrogen-bond donors (Lipinski definition) is 2. The zero-order valence-electron chi connectivity index (χ0n) is 18.4. The molecule has 1 aliphatic carbocycles. The molecule has 0 spiro atoms. The predicted molar refractivity (Wildman–Crippen MR) is 128 cm³/mol. The second-order valence-corrected chi connectivity index (χ2v) is 9.50. The van der Waals surface area contributed by atoms with E-state index in [4.69, 9.17) is 0 Å². The van der Waals surface area contributed by atoms with Gasteiger partial charge in [0, 0.05) is 39.9 Å². The van der Waals surface area contributed by atoms with Crippen LogP contribution in [0.3, 0.4) is 0 Å². The van der Waals surface area contributed by atoms with E-state index in [1.54, 1.807) is 6.92 Å². The topological polar surface area (TPSA) is 58.2 Å². The number of rotatable bonds is 4. The Hall–Kier alpha value is -3.58. The predicted octanol–water partition coefficient (Wildman–Crippen LogP) is 6.03. The molecule has 0 saturated heterocycles. The van der Waals surface area contributed by atoms with Crippen molar-refractivity contribution in [2.45, 2.75) is 31.6 Å². The van der Waals surface area contributed by atoms with Gasteiger partial charge in [-0.15, -0.1) is 11.3 Å². The first-order chi connectivity index (χ1) is 16.4. The lowest BCUT2D eigenvalue weighted by atomic mass is 9.73. The fourth-order valence-electron chi connectivity index (χ4n) is 4.82. The summed E-state index contributed by atoms with van der Waals surface area (Å²) in [6.07, 6.45) is 1.01. The van der Waals surface area contributed by atoms with E-state index in [0.29, 0.717) is 29.7 Å². The summed E-state index contributed by atoms with van der Waals surface area (Å²) < 4.78 is 27.6. The van der Waals surface area contributed by atoms with Crippen molar-refractivity contribution in [2.24, 2.45) is 0 Å². The molecule has 172 valence electrons. The van der Waals surface area contributed by atoms with Gasteiger partial charge in [-0.2, -0.15) is 0 Å². The molecule has 7 heteroatoms. The highest BCUT2D eigenvalue weighted by molar-refractivity contribution is 7.10. The third kappa shape index (κ3) is 4.07. The van der Waals surface area contributed by atoms with Crippen molar-refractivity contribution in [3.05, 3.63) is 111 Å². The summed E-state index contributed by atoms with van der Waals surface area (Å²) >= 11 is 1.47. The number of Topliss-reactive ketones (excluding diaryl/α,β-unsaturated/α-hetero) is 1. The van der Waals surface area contributed by atoms with E-state index in [0.717, 1.165) is 28.3 Å². The number of halogens is 2. The van der Waals surface area contributed by atoms with Crippen LogP contribution in [0, 0.1) is 11.6 Å². The molecule has 2 aromatic carbocycles. The average molecular weight is 477 g/mol. The van der Waals surface area contributed by atoms with E-state index in [9.17, 15) is 18.4 Å². The molecule has 0 unspecified atom stereocenters. The Morgan fingerprint density at radius 2 is 1.85 bits per heavy atom. The van der Waals surface area contributed by atoms with Gasteiger partial charge in [0.05, 0.1) is 11.6 Å². The van der Waals surface area contributed by atoms with E-state index in [-0.39, 0.29) is 17.4 Å². The normalized spacial score (nSPS) is 20.1. The Morgan fingerprint density at radius 1 is 1.06 bits per heavy atom. The molecule has 1 aromatic heterocycles. The zero-order valence-corrected chi connectivity index (χ0v) is 19.2. The summed E-state index contributed by atoms with van der Waals surface area (Å²) in [5.41, 5.74) is 3.37. The van der Waals surface area contributed by atoms with Crippen LogP contribution in [0.2, 0.25) is 0 Å². The van der Waals surface area contributed by atoms with Crippen LogP contribution in [0.25, 0.3) is 0 Å². The Balaban J connectivity index is 1.53. The summed E-state index contributed by atoms with van der Waals surface area (Å²) in [5, 5.41) is 7.78. The monoisotopic (exact) mass is 476 g/mol. The van der Waals surface area contributed by atoms with Gasteiger partial charge in [-0.25, -0.2) is 8.78 Å². The lowest BCUT2D eigenvalue weighted by Gasteiger charge is -2.36. The highest BCUT2D eigenvalue weighted by atomic mass is 32.1. The molecule has 34 heavy (non-hydrogen) atoms. The van der Waals surface area contributed by atoms with Crippen molar-refractivity contribution >= 4 is 28.7 Å².